The largest absolute Gasteiger partial charge is 0.458 e. The van der Waals surface area contributed by atoms with Gasteiger partial charge in [0.25, 0.3) is 6.47 Å². The summed E-state index contributed by atoms with van der Waals surface area (Å²) in [5.74, 6) is 1.15. The second-order valence-electron chi connectivity index (χ2n) is 3.33. The van der Waals surface area contributed by atoms with E-state index in [1.807, 2.05) is 0 Å². The Balaban J connectivity index is 2.25. The third-order valence-electron chi connectivity index (χ3n) is 2.38. The van der Waals surface area contributed by atoms with Crippen molar-refractivity contribution in [1.29, 1.82) is 0 Å². The maximum atomic E-state index is 10.4. The minimum atomic E-state index is -0.589. The van der Waals surface area contributed by atoms with Crippen molar-refractivity contribution in [2.24, 2.45) is 0 Å². The molecule has 1 N–H and O–H groups in total. The molecule has 1 amide bonds. The van der Waals surface area contributed by atoms with Crippen LogP contribution in [0.3, 0.4) is 0 Å². The third kappa shape index (κ3) is 2.30. The van der Waals surface area contributed by atoms with Crippen molar-refractivity contribution in [2.45, 2.75) is 6.10 Å². The zero-order valence-corrected chi connectivity index (χ0v) is 8.92. The van der Waals surface area contributed by atoms with Crippen LogP contribution < -0.4 is 14.8 Å². The lowest BCUT2D eigenvalue weighted by Gasteiger charge is -2.16. The van der Waals surface area contributed by atoms with Crippen LogP contribution in [0.25, 0.3) is 0 Å². The van der Waals surface area contributed by atoms with Crippen molar-refractivity contribution in [2.75, 3.05) is 13.3 Å². The number of rotatable bonds is 6. The summed E-state index contributed by atoms with van der Waals surface area (Å²) < 4.78 is 15.4. The Morgan fingerprint density at radius 3 is 3.06 bits per heavy atom. The van der Waals surface area contributed by atoms with Gasteiger partial charge in [-0.3, -0.25) is 9.59 Å². The Kier molecular flexibility index (Phi) is 3.44. The molecule has 0 saturated heterocycles. The minimum absolute atomic E-state index is 0.140. The molecule has 1 aliphatic rings. The Morgan fingerprint density at radius 1 is 1.41 bits per heavy atom. The fourth-order valence-electron chi connectivity index (χ4n) is 1.66. The molecule has 0 aromatic heterocycles. The van der Waals surface area contributed by atoms with Crippen molar-refractivity contribution in [3.8, 4) is 11.5 Å². The van der Waals surface area contributed by atoms with Crippen LogP contribution in [-0.4, -0.2) is 26.2 Å². The number of fused-ring (bicyclic) bond motifs is 1. The number of carbonyl (C=O) groups excluding carboxylic acids is 2. The summed E-state index contributed by atoms with van der Waals surface area (Å²) in [4.78, 5) is 20.7. The van der Waals surface area contributed by atoms with Gasteiger partial charge >= 0.3 is 0 Å². The van der Waals surface area contributed by atoms with Gasteiger partial charge in [-0.15, -0.1) is 0 Å². The predicted molar refractivity (Wildman–Crippen MR) is 56.5 cm³/mol. The van der Waals surface area contributed by atoms with Crippen LogP contribution in [0, 0.1) is 0 Å². The molecule has 17 heavy (non-hydrogen) atoms. The van der Waals surface area contributed by atoms with Gasteiger partial charge in [0.05, 0.1) is 6.54 Å². The lowest BCUT2D eigenvalue weighted by atomic mass is 10.1. The molecule has 0 fully saturated rings. The van der Waals surface area contributed by atoms with E-state index in [0.717, 1.165) is 0 Å². The van der Waals surface area contributed by atoms with E-state index in [2.05, 4.69) is 5.32 Å². The van der Waals surface area contributed by atoms with Gasteiger partial charge in [-0.1, -0.05) is 12.1 Å². The highest BCUT2D eigenvalue weighted by molar-refractivity contribution is 5.51. The van der Waals surface area contributed by atoms with Crippen molar-refractivity contribution in [1.82, 2.24) is 5.32 Å². The van der Waals surface area contributed by atoms with Gasteiger partial charge < -0.3 is 19.5 Å². The van der Waals surface area contributed by atoms with Crippen LogP contribution in [0.4, 0.5) is 0 Å². The average Bonchev–Trinajstić information content (AvgIpc) is 2.82. The number of ether oxygens (including phenoxy) is 3. The highest BCUT2D eigenvalue weighted by atomic mass is 16.7. The average molecular weight is 237 g/mol. The molecule has 2 rings (SSSR count). The molecule has 1 atom stereocenters. The van der Waals surface area contributed by atoms with Gasteiger partial charge in [0.1, 0.15) is 6.10 Å². The zero-order chi connectivity index (χ0) is 12.1. The number of benzene rings is 1. The summed E-state index contributed by atoms with van der Waals surface area (Å²) in [6.07, 6.45) is -0.0452. The summed E-state index contributed by atoms with van der Waals surface area (Å²) in [6.45, 7) is 0.662. The fourth-order valence-corrected chi connectivity index (χ4v) is 1.66. The molecule has 0 spiro atoms. The number of amides is 1. The first kappa shape index (κ1) is 11.3. The van der Waals surface area contributed by atoms with Gasteiger partial charge in [0.2, 0.25) is 13.2 Å². The molecule has 6 nitrogen and oxygen atoms in total. The molecule has 1 aromatic rings. The SMILES string of the molecule is O=CNCC(OC=O)c1cccc2c1OCO2. The number of para-hydroxylation sites is 1. The van der Waals surface area contributed by atoms with Crippen LogP contribution in [0.2, 0.25) is 0 Å². The van der Waals surface area contributed by atoms with E-state index in [1.165, 1.54) is 0 Å². The summed E-state index contributed by atoms with van der Waals surface area (Å²) in [5.41, 5.74) is 0.668. The molecule has 6 heteroatoms. The fraction of sp³-hybridized carbons (Fsp3) is 0.273. The van der Waals surface area contributed by atoms with Crippen LogP contribution in [0.5, 0.6) is 11.5 Å². The summed E-state index contributed by atoms with van der Waals surface area (Å²) in [6, 6.07) is 5.29. The monoisotopic (exact) mass is 237 g/mol. The predicted octanol–water partition coefficient (Wildman–Crippen LogP) is 0.375. The first-order chi connectivity index (χ1) is 8.36. The van der Waals surface area contributed by atoms with Gasteiger partial charge in [0, 0.05) is 5.56 Å². The van der Waals surface area contributed by atoms with Gasteiger partial charge in [-0.25, -0.2) is 0 Å². The topological polar surface area (TPSA) is 73.9 Å². The van der Waals surface area contributed by atoms with Crippen LogP contribution in [-0.2, 0) is 14.3 Å². The highest BCUT2D eigenvalue weighted by Crippen LogP contribution is 2.39. The molecule has 0 aliphatic carbocycles. The Labute approximate surface area is 97.5 Å². The highest BCUT2D eigenvalue weighted by Gasteiger charge is 2.23. The standard InChI is InChI=1S/C11H11NO5/c13-5-12-4-10(15-6-14)8-2-1-3-9-11(8)17-7-16-9/h1-3,5-6,10H,4,7H2,(H,12,13). The van der Waals surface area contributed by atoms with E-state index in [1.54, 1.807) is 18.2 Å². The van der Waals surface area contributed by atoms with E-state index < -0.39 is 6.10 Å². The van der Waals surface area contributed by atoms with Crippen molar-refractivity contribution in [3.63, 3.8) is 0 Å². The van der Waals surface area contributed by atoms with Gasteiger partial charge in [0.15, 0.2) is 11.5 Å². The van der Waals surface area contributed by atoms with Crippen molar-refractivity contribution < 1.29 is 23.8 Å². The van der Waals surface area contributed by atoms with Crippen molar-refractivity contribution in [3.05, 3.63) is 23.8 Å². The lowest BCUT2D eigenvalue weighted by molar-refractivity contribution is -0.134. The lowest BCUT2D eigenvalue weighted by Crippen LogP contribution is -2.22. The Morgan fingerprint density at radius 2 is 2.29 bits per heavy atom. The van der Waals surface area contributed by atoms with E-state index in [9.17, 15) is 9.59 Å². The van der Waals surface area contributed by atoms with E-state index >= 15 is 0 Å². The first-order valence-electron chi connectivity index (χ1n) is 5.01. The third-order valence-corrected chi connectivity index (χ3v) is 2.38. The normalized spacial score (nSPS) is 13.9. The Bertz CT molecular complexity index is 420. The van der Waals surface area contributed by atoms with Crippen molar-refractivity contribution >= 4 is 12.9 Å². The second-order valence-corrected chi connectivity index (χ2v) is 3.33. The van der Waals surface area contributed by atoms with E-state index in [-0.39, 0.29) is 13.3 Å². The number of hydrogen-bond acceptors (Lipinski definition) is 5. The summed E-state index contributed by atoms with van der Waals surface area (Å²) in [5, 5.41) is 2.46. The molecule has 0 radical (unpaired) electrons. The number of nitrogens with one attached hydrogen (secondary N) is 1. The molecule has 90 valence electrons. The van der Waals surface area contributed by atoms with E-state index in [4.69, 9.17) is 14.2 Å². The summed E-state index contributed by atoms with van der Waals surface area (Å²) >= 11 is 0. The molecule has 1 heterocycles. The maximum Gasteiger partial charge on any atom is 0.293 e. The van der Waals surface area contributed by atoms with Crippen LogP contribution in [0.1, 0.15) is 11.7 Å². The minimum Gasteiger partial charge on any atom is -0.458 e. The van der Waals surface area contributed by atoms with Gasteiger partial charge in [-0.05, 0) is 6.07 Å². The Hall–Kier alpha value is -2.24. The summed E-state index contributed by atoms with van der Waals surface area (Å²) in [7, 11) is 0. The molecule has 0 bridgehead atoms. The molecular weight excluding hydrogens is 226 g/mol. The molecule has 0 saturated carbocycles. The molecular formula is C11H11NO5. The van der Waals surface area contributed by atoms with Crippen LogP contribution >= 0.6 is 0 Å². The van der Waals surface area contributed by atoms with Gasteiger partial charge in [-0.2, -0.15) is 0 Å². The molecule has 1 aliphatic heterocycles. The first-order valence-corrected chi connectivity index (χ1v) is 5.01. The number of carbonyl (C=O) groups is 2. The zero-order valence-electron chi connectivity index (χ0n) is 8.92. The number of hydrogen-bond donors (Lipinski definition) is 1. The molecule has 1 aromatic carbocycles. The molecule has 1 unspecified atom stereocenters. The quantitative estimate of drug-likeness (QED) is 0.724. The smallest absolute Gasteiger partial charge is 0.293 e. The van der Waals surface area contributed by atoms with E-state index in [0.29, 0.717) is 29.9 Å². The second kappa shape index (κ2) is 5.20. The van der Waals surface area contributed by atoms with Crippen LogP contribution in [0.15, 0.2) is 18.2 Å². The maximum absolute atomic E-state index is 10.4.